The van der Waals surface area contributed by atoms with Crippen molar-refractivity contribution in [3.05, 3.63) is 53.9 Å². The molecule has 2 amide bonds. The van der Waals surface area contributed by atoms with Gasteiger partial charge in [0.1, 0.15) is 0 Å². The van der Waals surface area contributed by atoms with Gasteiger partial charge >= 0.3 is 12.2 Å². The Morgan fingerprint density at radius 1 is 1.17 bits per heavy atom. The average molecular weight is 440 g/mol. The van der Waals surface area contributed by atoms with Crippen molar-refractivity contribution in [3.63, 3.8) is 0 Å². The Labute approximate surface area is 178 Å². The standard InChI is InChI=1S/C20H20F3N5O.ClH/c1-13-12-28(19(29)26-16-5-7-25-8-6-16)14(2)11-27(13)17-4-3-15(10-24)18(9-17)20(21,22)23;/h3-9,13-14H,11-12H2,1-2H3,(H,25,26,29);1H/t13?,14-;/m1./s1. The Morgan fingerprint density at radius 2 is 1.83 bits per heavy atom. The van der Waals surface area contributed by atoms with Crippen LogP contribution in [0.1, 0.15) is 25.0 Å². The van der Waals surface area contributed by atoms with Crippen LogP contribution in [-0.2, 0) is 6.18 Å². The van der Waals surface area contributed by atoms with Crippen molar-refractivity contribution in [1.82, 2.24) is 9.88 Å². The van der Waals surface area contributed by atoms with Crippen molar-refractivity contribution < 1.29 is 18.0 Å². The number of aromatic nitrogens is 1. The number of nitrogens with zero attached hydrogens (tertiary/aromatic N) is 4. The van der Waals surface area contributed by atoms with Crippen LogP contribution in [0.25, 0.3) is 0 Å². The molecule has 2 atom stereocenters. The third kappa shape index (κ3) is 4.94. The normalized spacial score (nSPS) is 18.9. The number of hydrogen-bond donors (Lipinski definition) is 1. The van der Waals surface area contributed by atoms with E-state index in [2.05, 4.69) is 10.3 Å². The van der Waals surface area contributed by atoms with Gasteiger partial charge in [-0.3, -0.25) is 4.98 Å². The van der Waals surface area contributed by atoms with Gasteiger partial charge < -0.3 is 15.1 Å². The molecule has 3 rings (SSSR count). The van der Waals surface area contributed by atoms with E-state index in [1.165, 1.54) is 12.1 Å². The number of nitriles is 1. The minimum Gasteiger partial charge on any atom is -0.365 e. The van der Waals surface area contributed by atoms with Crippen molar-refractivity contribution in [2.75, 3.05) is 23.3 Å². The first-order valence-electron chi connectivity index (χ1n) is 9.06. The number of carbonyl (C=O) groups is 1. The van der Waals surface area contributed by atoms with Gasteiger partial charge in [-0.2, -0.15) is 18.4 Å². The summed E-state index contributed by atoms with van der Waals surface area (Å²) in [6, 6.07) is 7.97. The number of piperazine rings is 1. The van der Waals surface area contributed by atoms with E-state index < -0.39 is 17.3 Å². The van der Waals surface area contributed by atoms with Gasteiger partial charge in [0.05, 0.1) is 17.2 Å². The second-order valence-electron chi connectivity index (χ2n) is 7.01. The first-order valence-corrected chi connectivity index (χ1v) is 9.06. The third-order valence-electron chi connectivity index (χ3n) is 4.94. The zero-order valence-electron chi connectivity index (χ0n) is 16.3. The lowest BCUT2D eigenvalue weighted by molar-refractivity contribution is -0.137. The van der Waals surface area contributed by atoms with Crippen molar-refractivity contribution >= 4 is 29.8 Å². The van der Waals surface area contributed by atoms with Crippen LogP contribution in [0.4, 0.5) is 29.3 Å². The molecular formula is C20H21ClF3N5O. The zero-order valence-corrected chi connectivity index (χ0v) is 17.2. The van der Waals surface area contributed by atoms with E-state index in [-0.39, 0.29) is 30.5 Å². The lowest BCUT2D eigenvalue weighted by Crippen LogP contribution is -2.59. The molecule has 0 saturated carbocycles. The van der Waals surface area contributed by atoms with E-state index in [1.807, 2.05) is 18.7 Å². The molecule has 2 aromatic rings. The fourth-order valence-electron chi connectivity index (χ4n) is 3.44. The van der Waals surface area contributed by atoms with Crippen LogP contribution < -0.4 is 10.2 Å². The molecule has 1 saturated heterocycles. The van der Waals surface area contributed by atoms with E-state index in [4.69, 9.17) is 5.26 Å². The molecule has 1 aromatic heterocycles. The molecular weight excluding hydrogens is 419 g/mol. The van der Waals surface area contributed by atoms with Crippen LogP contribution in [0.3, 0.4) is 0 Å². The molecule has 0 bridgehead atoms. The highest BCUT2D eigenvalue weighted by Crippen LogP contribution is 2.35. The molecule has 1 N–H and O–H groups in total. The van der Waals surface area contributed by atoms with Crippen molar-refractivity contribution in [2.24, 2.45) is 0 Å². The smallest absolute Gasteiger partial charge is 0.365 e. The predicted octanol–water partition coefficient (Wildman–Crippen LogP) is 4.52. The summed E-state index contributed by atoms with van der Waals surface area (Å²) < 4.78 is 39.9. The quantitative estimate of drug-likeness (QED) is 0.746. The maximum atomic E-state index is 13.3. The minimum atomic E-state index is -4.61. The molecule has 0 radical (unpaired) electrons. The Bertz CT molecular complexity index is 932. The van der Waals surface area contributed by atoms with Gasteiger partial charge in [0, 0.05) is 48.9 Å². The molecule has 10 heteroatoms. The summed E-state index contributed by atoms with van der Waals surface area (Å²) >= 11 is 0. The molecule has 30 heavy (non-hydrogen) atoms. The molecule has 2 heterocycles. The number of anilines is 2. The van der Waals surface area contributed by atoms with E-state index in [1.54, 1.807) is 35.5 Å². The maximum Gasteiger partial charge on any atom is 0.417 e. The molecule has 160 valence electrons. The largest absolute Gasteiger partial charge is 0.417 e. The monoisotopic (exact) mass is 439 g/mol. The summed E-state index contributed by atoms with van der Waals surface area (Å²) in [6.45, 7) is 4.41. The Kier molecular flexibility index (Phi) is 7.16. The van der Waals surface area contributed by atoms with Crippen LogP contribution in [0, 0.1) is 11.3 Å². The van der Waals surface area contributed by atoms with E-state index in [0.717, 1.165) is 6.07 Å². The second-order valence-corrected chi connectivity index (χ2v) is 7.01. The van der Waals surface area contributed by atoms with Gasteiger partial charge in [-0.1, -0.05) is 0 Å². The van der Waals surface area contributed by atoms with Gasteiger partial charge in [0.15, 0.2) is 0 Å². The Morgan fingerprint density at radius 3 is 2.43 bits per heavy atom. The van der Waals surface area contributed by atoms with E-state index in [9.17, 15) is 18.0 Å². The average Bonchev–Trinajstić information content (AvgIpc) is 2.69. The molecule has 1 fully saturated rings. The molecule has 1 aliphatic heterocycles. The number of hydrogen-bond acceptors (Lipinski definition) is 4. The molecule has 0 spiro atoms. The first-order chi connectivity index (χ1) is 13.7. The number of halogens is 4. The van der Waals surface area contributed by atoms with Crippen LogP contribution in [-0.4, -0.2) is 41.1 Å². The van der Waals surface area contributed by atoms with Crippen LogP contribution in [0.2, 0.25) is 0 Å². The minimum absolute atomic E-state index is 0. The van der Waals surface area contributed by atoms with Gasteiger partial charge in [0.2, 0.25) is 0 Å². The third-order valence-corrected chi connectivity index (χ3v) is 4.94. The van der Waals surface area contributed by atoms with Gasteiger partial charge in [-0.15, -0.1) is 12.4 Å². The number of carbonyl (C=O) groups excluding carboxylic acids is 1. The summed E-state index contributed by atoms with van der Waals surface area (Å²) in [5.74, 6) is 0. The number of alkyl halides is 3. The van der Waals surface area contributed by atoms with Crippen molar-refractivity contribution in [2.45, 2.75) is 32.1 Å². The van der Waals surface area contributed by atoms with Gasteiger partial charge in [-0.05, 0) is 44.2 Å². The van der Waals surface area contributed by atoms with Crippen molar-refractivity contribution in [1.29, 1.82) is 5.26 Å². The molecule has 1 aromatic carbocycles. The lowest BCUT2D eigenvalue weighted by atomic mass is 10.0. The number of urea groups is 1. The SMILES string of the molecule is CC1CN(C(=O)Nc2ccncc2)[C@H](C)CN1c1ccc(C#N)c(C(F)(F)F)c1.Cl. The summed E-state index contributed by atoms with van der Waals surface area (Å²) in [5.41, 5.74) is -0.355. The highest BCUT2D eigenvalue weighted by atomic mass is 35.5. The number of amides is 2. The Balaban J connectivity index is 0.00000320. The fourth-order valence-corrected chi connectivity index (χ4v) is 3.44. The van der Waals surface area contributed by atoms with Gasteiger partial charge in [-0.25, -0.2) is 4.79 Å². The Hall–Kier alpha value is -2.99. The molecule has 0 aliphatic carbocycles. The fraction of sp³-hybridized carbons (Fsp3) is 0.350. The molecule has 1 aliphatic rings. The highest BCUT2D eigenvalue weighted by molar-refractivity contribution is 5.89. The number of pyridine rings is 1. The summed E-state index contributed by atoms with van der Waals surface area (Å²) in [4.78, 5) is 20.0. The summed E-state index contributed by atoms with van der Waals surface area (Å²) in [5, 5.41) is 11.8. The molecule has 1 unspecified atom stereocenters. The van der Waals surface area contributed by atoms with Crippen LogP contribution in [0.15, 0.2) is 42.7 Å². The number of benzene rings is 1. The van der Waals surface area contributed by atoms with E-state index in [0.29, 0.717) is 24.5 Å². The topological polar surface area (TPSA) is 72.3 Å². The maximum absolute atomic E-state index is 13.3. The molecule has 6 nitrogen and oxygen atoms in total. The number of nitrogens with one attached hydrogen (secondary N) is 1. The van der Waals surface area contributed by atoms with E-state index >= 15 is 0 Å². The summed E-state index contributed by atoms with van der Waals surface area (Å²) in [7, 11) is 0. The van der Waals surface area contributed by atoms with Crippen LogP contribution in [0.5, 0.6) is 0 Å². The number of rotatable bonds is 2. The lowest BCUT2D eigenvalue weighted by Gasteiger charge is -2.45. The summed E-state index contributed by atoms with van der Waals surface area (Å²) in [6.07, 6.45) is -1.46. The van der Waals surface area contributed by atoms with Crippen LogP contribution >= 0.6 is 12.4 Å². The highest BCUT2D eigenvalue weighted by Gasteiger charge is 2.36. The second kappa shape index (κ2) is 9.22. The van der Waals surface area contributed by atoms with Crippen molar-refractivity contribution in [3.8, 4) is 6.07 Å². The predicted molar refractivity (Wildman–Crippen MR) is 110 cm³/mol. The zero-order chi connectivity index (χ0) is 21.2. The van der Waals surface area contributed by atoms with Gasteiger partial charge in [0.25, 0.3) is 0 Å². The first kappa shape index (κ1) is 23.3.